The van der Waals surface area contributed by atoms with E-state index in [1.165, 1.54) is 47.7 Å². The maximum atomic E-state index is 6.07. The van der Waals surface area contributed by atoms with Crippen LogP contribution in [0.5, 0.6) is 0 Å². The Labute approximate surface area is 126 Å². The molecular weight excluding hydrogens is 268 g/mol. The third-order valence-electron chi connectivity index (χ3n) is 4.51. The Bertz CT molecular complexity index is 451. The normalized spacial score (nSPS) is 30.2. The van der Waals surface area contributed by atoms with Crippen LogP contribution >= 0.6 is 11.3 Å². The number of nitrogens with one attached hydrogen (secondary N) is 1. The number of hydrogen-bond acceptors (Lipinski definition) is 4. The number of hydrogen-bond donors (Lipinski definition) is 1. The van der Waals surface area contributed by atoms with E-state index in [1.54, 1.807) is 0 Å². The minimum absolute atomic E-state index is 0.129. The first kappa shape index (κ1) is 14.5. The van der Waals surface area contributed by atoms with E-state index in [0.717, 1.165) is 26.0 Å². The Morgan fingerprint density at radius 2 is 2.30 bits per heavy atom. The van der Waals surface area contributed by atoms with Crippen molar-refractivity contribution in [2.75, 3.05) is 13.2 Å². The topological polar surface area (TPSA) is 34.2 Å². The number of ether oxygens (including phenoxy) is 1. The number of thiazole rings is 1. The van der Waals surface area contributed by atoms with Crippen LogP contribution in [-0.2, 0) is 16.8 Å². The van der Waals surface area contributed by atoms with Gasteiger partial charge < -0.3 is 10.1 Å². The molecule has 1 N–H and O–H groups in total. The first-order chi connectivity index (χ1) is 9.73. The molecule has 112 valence electrons. The van der Waals surface area contributed by atoms with Crippen molar-refractivity contribution < 1.29 is 4.74 Å². The van der Waals surface area contributed by atoms with Crippen molar-refractivity contribution in [1.82, 2.24) is 10.3 Å². The highest BCUT2D eigenvalue weighted by Crippen LogP contribution is 2.42. The molecule has 0 saturated carbocycles. The lowest BCUT2D eigenvalue weighted by atomic mass is 9.96. The number of aromatic nitrogens is 1. The summed E-state index contributed by atoms with van der Waals surface area (Å²) in [6, 6.07) is 0.525. The second kappa shape index (κ2) is 6.12. The van der Waals surface area contributed by atoms with Gasteiger partial charge >= 0.3 is 0 Å². The molecule has 1 aliphatic carbocycles. The van der Waals surface area contributed by atoms with Gasteiger partial charge in [-0.25, -0.2) is 4.98 Å². The highest BCUT2D eigenvalue weighted by Gasteiger charge is 2.35. The van der Waals surface area contributed by atoms with Crippen molar-refractivity contribution in [2.24, 2.45) is 0 Å². The molecule has 20 heavy (non-hydrogen) atoms. The molecule has 4 heteroatoms. The molecule has 1 aliphatic heterocycles. The highest BCUT2D eigenvalue weighted by atomic mass is 32.1. The van der Waals surface area contributed by atoms with E-state index in [-0.39, 0.29) is 5.60 Å². The van der Waals surface area contributed by atoms with Gasteiger partial charge in [0, 0.05) is 17.5 Å². The molecule has 0 amide bonds. The Kier molecular flexibility index (Phi) is 4.43. The summed E-state index contributed by atoms with van der Waals surface area (Å²) in [5.41, 5.74) is 1.20. The van der Waals surface area contributed by atoms with Crippen molar-refractivity contribution >= 4 is 11.3 Å². The zero-order chi connectivity index (χ0) is 14.0. The smallest absolute Gasteiger partial charge is 0.125 e. The second-order valence-electron chi connectivity index (χ2n) is 6.27. The summed E-state index contributed by atoms with van der Waals surface area (Å²) in [6.45, 7) is 6.44. The predicted molar refractivity (Wildman–Crippen MR) is 83.2 cm³/mol. The Morgan fingerprint density at radius 1 is 1.40 bits per heavy atom. The average molecular weight is 294 g/mol. The molecule has 2 heterocycles. The van der Waals surface area contributed by atoms with Crippen molar-refractivity contribution in [3.8, 4) is 0 Å². The minimum Gasteiger partial charge on any atom is -0.368 e. The fourth-order valence-corrected chi connectivity index (χ4v) is 4.61. The SMILES string of the molecule is CCCNC1CCCc2nc(C3(C)CCCCO3)sc21. The van der Waals surface area contributed by atoms with E-state index >= 15 is 0 Å². The fourth-order valence-electron chi connectivity index (χ4n) is 3.26. The Morgan fingerprint density at radius 3 is 3.05 bits per heavy atom. The van der Waals surface area contributed by atoms with Gasteiger partial charge in [-0.2, -0.15) is 0 Å². The van der Waals surface area contributed by atoms with Crippen LogP contribution in [0.1, 0.15) is 74.0 Å². The van der Waals surface area contributed by atoms with Gasteiger partial charge in [0.1, 0.15) is 10.6 Å². The van der Waals surface area contributed by atoms with Gasteiger partial charge in [0.2, 0.25) is 0 Å². The zero-order valence-corrected chi connectivity index (χ0v) is 13.5. The summed E-state index contributed by atoms with van der Waals surface area (Å²) in [4.78, 5) is 6.44. The molecular formula is C16H26N2OS. The quantitative estimate of drug-likeness (QED) is 0.913. The monoisotopic (exact) mass is 294 g/mol. The van der Waals surface area contributed by atoms with Gasteiger partial charge in [0.15, 0.2) is 0 Å². The maximum absolute atomic E-state index is 6.07. The third kappa shape index (κ3) is 2.78. The van der Waals surface area contributed by atoms with Crippen molar-refractivity contribution in [3.05, 3.63) is 15.6 Å². The van der Waals surface area contributed by atoms with Crippen molar-refractivity contribution in [3.63, 3.8) is 0 Å². The number of fused-ring (bicyclic) bond motifs is 1. The first-order valence-corrected chi connectivity index (χ1v) is 8.92. The molecule has 1 aromatic heterocycles. The fraction of sp³-hybridized carbons (Fsp3) is 0.812. The molecule has 0 radical (unpaired) electrons. The average Bonchev–Trinajstić information content (AvgIpc) is 2.91. The number of rotatable bonds is 4. The maximum Gasteiger partial charge on any atom is 0.125 e. The van der Waals surface area contributed by atoms with Crippen molar-refractivity contribution in [2.45, 2.75) is 70.4 Å². The lowest BCUT2D eigenvalue weighted by Gasteiger charge is -2.31. The third-order valence-corrected chi connectivity index (χ3v) is 5.97. The van der Waals surface area contributed by atoms with Crippen LogP contribution in [0.15, 0.2) is 0 Å². The molecule has 0 bridgehead atoms. The molecule has 0 aromatic carbocycles. The van der Waals surface area contributed by atoms with Gasteiger partial charge in [-0.3, -0.25) is 0 Å². The summed E-state index contributed by atoms with van der Waals surface area (Å²) in [6.07, 6.45) is 8.43. The summed E-state index contributed by atoms with van der Waals surface area (Å²) in [5.74, 6) is 0. The lowest BCUT2D eigenvalue weighted by molar-refractivity contribution is -0.0702. The molecule has 1 saturated heterocycles. The van der Waals surface area contributed by atoms with Gasteiger partial charge in [0.05, 0.1) is 5.69 Å². The Hall–Kier alpha value is -0.450. The van der Waals surface area contributed by atoms with Crippen LogP contribution in [-0.4, -0.2) is 18.1 Å². The van der Waals surface area contributed by atoms with Crippen LogP contribution in [0.3, 0.4) is 0 Å². The predicted octanol–water partition coefficient (Wildman–Crippen LogP) is 3.94. The van der Waals surface area contributed by atoms with E-state index in [1.807, 2.05) is 11.3 Å². The summed E-state index contributed by atoms with van der Waals surface area (Å²) >= 11 is 1.90. The van der Waals surface area contributed by atoms with Crippen LogP contribution in [0.2, 0.25) is 0 Å². The highest BCUT2D eigenvalue weighted by molar-refractivity contribution is 7.12. The van der Waals surface area contributed by atoms with E-state index in [4.69, 9.17) is 9.72 Å². The van der Waals surface area contributed by atoms with E-state index < -0.39 is 0 Å². The van der Waals surface area contributed by atoms with Gasteiger partial charge in [-0.1, -0.05) is 6.92 Å². The standard InChI is InChI=1S/C16H26N2OS/c1-3-10-17-12-7-6-8-13-14(12)20-15(18-13)16(2)9-4-5-11-19-16/h12,17H,3-11H2,1-2H3. The van der Waals surface area contributed by atoms with Crippen LogP contribution in [0.4, 0.5) is 0 Å². The molecule has 2 atom stereocenters. The zero-order valence-electron chi connectivity index (χ0n) is 12.7. The van der Waals surface area contributed by atoms with Crippen molar-refractivity contribution in [1.29, 1.82) is 0 Å². The van der Waals surface area contributed by atoms with E-state index in [9.17, 15) is 0 Å². The molecule has 2 aliphatic rings. The lowest BCUT2D eigenvalue weighted by Crippen LogP contribution is -2.30. The molecule has 2 unspecified atom stereocenters. The van der Waals surface area contributed by atoms with Crippen LogP contribution in [0, 0.1) is 0 Å². The summed E-state index contributed by atoms with van der Waals surface area (Å²) < 4.78 is 6.07. The van der Waals surface area contributed by atoms with Crippen LogP contribution in [0.25, 0.3) is 0 Å². The Balaban J connectivity index is 1.83. The van der Waals surface area contributed by atoms with Crippen LogP contribution < -0.4 is 5.32 Å². The molecule has 0 spiro atoms. The molecule has 3 nitrogen and oxygen atoms in total. The molecule has 1 aromatic rings. The number of aryl methyl sites for hydroxylation is 1. The molecule has 3 rings (SSSR count). The van der Waals surface area contributed by atoms with E-state index in [0.29, 0.717) is 6.04 Å². The second-order valence-corrected chi connectivity index (χ2v) is 7.30. The van der Waals surface area contributed by atoms with Gasteiger partial charge in [0.25, 0.3) is 0 Å². The van der Waals surface area contributed by atoms with Gasteiger partial charge in [-0.15, -0.1) is 11.3 Å². The minimum atomic E-state index is -0.129. The first-order valence-electron chi connectivity index (χ1n) is 8.10. The van der Waals surface area contributed by atoms with E-state index in [2.05, 4.69) is 19.2 Å². The number of nitrogens with zero attached hydrogens (tertiary/aromatic N) is 1. The largest absolute Gasteiger partial charge is 0.368 e. The summed E-state index contributed by atoms with van der Waals surface area (Å²) in [7, 11) is 0. The summed E-state index contributed by atoms with van der Waals surface area (Å²) in [5, 5.41) is 4.90. The molecule has 1 fully saturated rings. The van der Waals surface area contributed by atoms with Gasteiger partial charge in [-0.05, 0) is 58.4 Å².